The Morgan fingerprint density at radius 1 is 1.47 bits per heavy atom. The van der Waals surface area contributed by atoms with Crippen LogP contribution in [0.5, 0.6) is 5.75 Å². The molecule has 1 fully saturated rings. The first-order valence-electron chi connectivity index (χ1n) is 6.73. The molecule has 1 atom stereocenters. The van der Waals surface area contributed by atoms with Gasteiger partial charge in [-0.2, -0.15) is 0 Å². The molecule has 1 aromatic heterocycles. The van der Waals surface area contributed by atoms with E-state index in [2.05, 4.69) is 10.1 Å². The highest BCUT2D eigenvalue weighted by Gasteiger charge is 2.25. The lowest BCUT2D eigenvalue weighted by atomic mass is 10.0. The van der Waals surface area contributed by atoms with E-state index in [1.165, 1.54) is 12.8 Å². The molecule has 0 saturated carbocycles. The molecule has 0 spiro atoms. The molecule has 0 amide bonds. The summed E-state index contributed by atoms with van der Waals surface area (Å²) in [6, 6.07) is 6.17. The fourth-order valence-electron chi connectivity index (χ4n) is 2.76. The van der Waals surface area contributed by atoms with Gasteiger partial charge in [-0.1, -0.05) is 5.16 Å². The smallest absolute Gasteiger partial charge is 0.180 e. The van der Waals surface area contributed by atoms with E-state index in [1.54, 1.807) is 7.11 Å². The predicted molar refractivity (Wildman–Crippen MR) is 74.6 cm³/mol. The van der Waals surface area contributed by atoms with Crippen molar-refractivity contribution in [1.29, 1.82) is 0 Å². The molecular formula is C14H19N3O2. The fourth-order valence-corrected chi connectivity index (χ4v) is 2.76. The van der Waals surface area contributed by atoms with E-state index in [-0.39, 0.29) is 0 Å². The minimum Gasteiger partial charge on any atom is -0.497 e. The van der Waals surface area contributed by atoms with Gasteiger partial charge in [-0.15, -0.1) is 0 Å². The number of benzene rings is 1. The van der Waals surface area contributed by atoms with E-state index in [9.17, 15) is 0 Å². The van der Waals surface area contributed by atoms with Crippen molar-refractivity contribution < 1.29 is 9.26 Å². The van der Waals surface area contributed by atoms with Gasteiger partial charge in [-0.25, -0.2) is 0 Å². The van der Waals surface area contributed by atoms with Gasteiger partial charge in [0.05, 0.1) is 12.5 Å². The number of methoxy groups -OCH3 is 1. The average molecular weight is 261 g/mol. The molecule has 2 aromatic rings. The maximum atomic E-state index is 5.87. The zero-order valence-electron chi connectivity index (χ0n) is 11.1. The van der Waals surface area contributed by atoms with Crippen LogP contribution in [0.1, 0.15) is 19.3 Å². The Morgan fingerprint density at radius 3 is 3.16 bits per heavy atom. The highest BCUT2D eigenvalue weighted by molar-refractivity contribution is 5.89. The summed E-state index contributed by atoms with van der Waals surface area (Å²) in [5.74, 6) is 1.69. The molecule has 3 rings (SSSR count). The minimum absolute atomic E-state index is 0.365. The standard InChI is InChI=1S/C14H19N3O2/c1-18-11-5-6-12-13(8-11)19-16-14(12)17-7-3-2-4-10(17)9-15/h5-6,8,10H,2-4,7,9,15H2,1H3. The number of rotatable bonds is 3. The van der Waals surface area contributed by atoms with Gasteiger partial charge in [0.25, 0.3) is 0 Å². The summed E-state index contributed by atoms with van der Waals surface area (Å²) < 4.78 is 10.6. The van der Waals surface area contributed by atoms with E-state index in [0.29, 0.717) is 12.6 Å². The van der Waals surface area contributed by atoms with E-state index >= 15 is 0 Å². The molecule has 0 aliphatic carbocycles. The first kappa shape index (κ1) is 12.3. The number of aromatic nitrogens is 1. The number of hydrogen-bond donors (Lipinski definition) is 1. The zero-order chi connectivity index (χ0) is 13.2. The number of nitrogens with zero attached hydrogens (tertiary/aromatic N) is 2. The number of fused-ring (bicyclic) bond motifs is 1. The van der Waals surface area contributed by atoms with Crippen molar-refractivity contribution in [3.8, 4) is 5.75 Å². The van der Waals surface area contributed by atoms with Crippen LogP contribution >= 0.6 is 0 Å². The van der Waals surface area contributed by atoms with Gasteiger partial charge in [0.15, 0.2) is 11.4 Å². The lowest BCUT2D eigenvalue weighted by molar-refractivity contribution is 0.410. The van der Waals surface area contributed by atoms with Crippen molar-refractivity contribution in [3.63, 3.8) is 0 Å². The summed E-state index contributed by atoms with van der Waals surface area (Å²) in [6.45, 7) is 1.65. The molecule has 19 heavy (non-hydrogen) atoms. The van der Waals surface area contributed by atoms with Gasteiger partial charge in [0.1, 0.15) is 5.75 Å². The normalized spacial score (nSPS) is 19.9. The molecule has 5 nitrogen and oxygen atoms in total. The van der Waals surface area contributed by atoms with Crippen molar-refractivity contribution >= 4 is 16.8 Å². The van der Waals surface area contributed by atoms with Crippen LogP contribution in [0, 0.1) is 0 Å². The third-order valence-corrected chi connectivity index (χ3v) is 3.83. The number of nitrogens with two attached hydrogens (primary N) is 1. The number of anilines is 1. The Kier molecular flexibility index (Phi) is 3.29. The molecule has 2 heterocycles. The lowest BCUT2D eigenvalue weighted by Gasteiger charge is -2.35. The van der Waals surface area contributed by atoms with Gasteiger partial charge in [0, 0.05) is 25.2 Å². The molecule has 1 saturated heterocycles. The molecule has 1 aliphatic rings. The Hall–Kier alpha value is -1.75. The Morgan fingerprint density at radius 2 is 2.37 bits per heavy atom. The minimum atomic E-state index is 0.365. The fraction of sp³-hybridized carbons (Fsp3) is 0.500. The molecule has 2 N–H and O–H groups in total. The molecule has 0 bridgehead atoms. The first-order valence-corrected chi connectivity index (χ1v) is 6.73. The Bertz CT molecular complexity index is 567. The number of piperidine rings is 1. The Labute approximate surface area is 112 Å². The SMILES string of the molecule is COc1ccc2c(N3CCCCC3CN)noc2c1. The summed E-state index contributed by atoms with van der Waals surface area (Å²) in [5, 5.41) is 5.26. The number of ether oxygens (including phenoxy) is 1. The first-order chi connectivity index (χ1) is 9.33. The lowest BCUT2D eigenvalue weighted by Crippen LogP contribution is -2.44. The third-order valence-electron chi connectivity index (χ3n) is 3.83. The second-order valence-electron chi connectivity index (χ2n) is 4.95. The highest BCUT2D eigenvalue weighted by Crippen LogP contribution is 2.32. The molecular weight excluding hydrogens is 242 g/mol. The average Bonchev–Trinajstić information content (AvgIpc) is 2.89. The predicted octanol–water partition coefficient (Wildman–Crippen LogP) is 2.15. The molecule has 102 valence electrons. The van der Waals surface area contributed by atoms with E-state index < -0.39 is 0 Å². The van der Waals surface area contributed by atoms with Crippen molar-refractivity contribution in [2.45, 2.75) is 25.3 Å². The van der Waals surface area contributed by atoms with Gasteiger partial charge in [-0.05, 0) is 31.4 Å². The summed E-state index contributed by atoms with van der Waals surface area (Å²) in [6.07, 6.45) is 3.55. The molecule has 1 aromatic carbocycles. The summed E-state index contributed by atoms with van der Waals surface area (Å²) >= 11 is 0. The maximum absolute atomic E-state index is 5.87. The van der Waals surface area contributed by atoms with E-state index in [4.69, 9.17) is 15.0 Å². The van der Waals surface area contributed by atoms with Crippen molar-refractivity contribution in [2.75, 3.05) is 25.1 Å². The van der Waals surface area contributed by atoms with Crippen LogP contribution in [0.25, 0.3) is 11.0 Å². The largest absolute Gasteiger partial charge is 0.497 e. The van der Waals surface area contributed by atoms with Crippen molar-refractivity contribution in [2.24, 2.45) is 5.73 Å². The topological polar surface area (TPSA) is 64.5 Å². The molecule has 1 unspecified atom stereocenters. The maximum Gasteiger partial charge on any atom is 0.180 e. The third kappa shape index (κ3) is 2.14. The number of hydrogen-bond acceptors (Lipinski definition) is 5. The van der Waals surface area contributed by atoms with Gasteiger partial charge >= 0.3 is 0 Å². The molecule has 1 aliphatic heterocycles. The van der Waals surface area contributed by atoms with Crippen LogP contribution in [0.2, 0.25) is 0 Å². The second kappa shape index (κ2) is 5.09. The van der Waals surface area contributed by atoms with Crippen LogP contribution in [-0.4, -0.2) is 31.4 Å². The van der Waals surface area contributed by atoms with Crippen LogP contribution in [0.4, 0.5) is 5.82 Å². The van der Waals surface area contributed by atoms with Crippen LogP contribution < -0.4 is 15.4 Å². The van der Waals surface area contributed by atoms with Gasteiger partial charge in [0.2, 0.25) is 0 Å². The van der Waals surface area contributed by atoms with Gasteiger partial charge < -0.3 is 19.9 Å². The zero-order valence-corrected chi connectivity index (χ0v) is 11.1. The molecule has 0 radical (unpaired) electrons. The second-order valence-corrected chi connectivity index (χ2v) is 4.95. The van der Waals surface area contributed by atoms with Crippen molar-refractivity contribution in [1.82, 2.24) is 5.16 Å². The van der Waals surface area contributed by atoms with Crippen LogP contribution in [-0.2, 0) is 0 Å². The van der Waals surface area contributed by atoms with Crippen LogP contribution in [0.3, 0.4) is 0 Å². The molecule has 5 heteroatoms. The van der Waals surface area contributed by atoms with E-state index in [1.807, 2.05) is 18.2 Å². The monoisotopic (exact) mass is 261 g/mol. The quantitative estimate of drug-likeness (QED) is 0.917. The summed E-state index contributed by atoms with van der Waals surface area (Å²) in [7, 11) is 1.65. The Balaban J connectivity index is 1.99. The van der Waals surface area contributed by atoms with Gasteiger partial charge in [-0.3, -0.25) is 0 Å². The van der Waals surface area contributed by atoms with Crippen molar-refractivity contribution in [3.05, 3.63) is 18.2 Å². The highest BCUT2D eigenvalue weighted by atomic mass is 16.5. The summed E-state index contributed by atoms with van der Waals surface area (Å²) in [5.41, 5.74) is 6.63. The van der Waals surface area contributed by atoms with E-state index in [0.717, 1.165) is 35.5 Å². The summed E-state index contributed by atoms with van der Waals surface area (Å²) in [4.78, 5) is 2.28. The van der Waals surface area contributed by atoms with Crippen LogP contribution in [0.15, 0.2) is 22.7 Å².